The van der Waals surface area contributed by atoms with Gasteiger partial charge in [0.05, 0.1) is 11.4 Å². The normalized spacial score (nSPS) is 16.9. The Balaban J connectivity index is 2.10. The van der Waals surface area contributed by atoms with E-state index in [-0.39, 0.29) is 17.5 Å². The molecule has 110 valence electrons. The molecule has 0 spiro atoms. The SMILES string of the molecule is CC(=O)c1ccccc1NS(=O)(=O)CC1CCCCC1. The van der Waals surface area contributed by atoms with Crippen LogP contribution in [0.5, 0.6) is 0 Å². The van der Waals surface area contributed by atoms with Crippen molar-refractivity contribution in [3.8, 4) is 0 Å². The third-order valence-electron chi connectivity index (χ3n) is 3.75. The lowest BCUT2D eigenvalue weighted by Crippen LogP contribution is -2.24. The van der Waals surface area contributed by atoms with Crippen LogP contribution in [-0.4, -0.2) is 20.0 Å². The minimum atomic E-state index is -3.39. The van der Waals surface area contributed by atoms with E-state index >= 15 is 0 Å². The zero-order chi connectivity index (χ0) is 14.6. The van der Waals surface area contributed by atoms with Crippen molar-refractivity contribution in [3.05, 3.63) is 29.8 Å². The first kappa shape index (κ1) is 15.0. The number of anilines is 1. The van der Waals surface area contributed by atoms with E-state index < -0.39 is 10.0 Å². The van der Waals surface area contributed by atoms with E-state index in [9.17, 15) is 13.2 Å². The molecule has 1 aromatic rings. The zero-order valence-corrected chi connectivity index (χ0v) is 12.6. The Bertz CT molecular complexity index is 575. The van der Waals surface area contributed by atoms with Gasteiger partial charge in [-0.3, -0.25) is 9.52 Å². The highest BCUT2D eigenvalue weighted by atomic mass is 32.2. The number of ketones is 1. The number of hydrogen-bond donors (Lipinski definition) is 1. The number of rotatable bonds is 5. The molecule has 4 nitrogen and oxygen atoms in total. The van der Waals surface area contributed by atoms with Gasteiger partial charge in [-0.1, -0.05) is 31.4 Å². The fourth-order valence-electron chi connectivity index (χ4n) is 2.75. The highest BCUT2D eigenvalue weighted by Gasteiger charge is 2.22. The van der Waals surface area contributed by atoms with Crippen LogP contribution in [0, 0.1) is 5.92 Å². The van der Waals surface area contributed by atoms with Gasteiger partial charge >= 0.3 is 0 Å². The average Bonchev–Trinajstić information content (AvgIpc) is 2.39. The van der Waals surface area contributed by atoms with E-state index in [0.29, 0.717) is 11.3 Å². The molecule has 0 unspecified atom stereocenters. The van der Waals surface area contributed by atoms with Gasteiger partial charge in [0.25, 0.3) is 0 Å². The molecule has 0 bridgehead atoms. The number of carbonyl (C=O) groups excluding carboxylic acids is 1. The third-order valence-corrected chi connectivity index (χ3v) is 5.19. The molecular formula is C15H21NO3S. The maximum Gasteiger partial charge on any atom is 0.233 e. The predicted molar refractivity (Wildman–Crippen MR) is 80.4 cm³/mol. The summed E-state index contributed by atoms with van der Waals surface area (Å²) in [5.41, 5.74) is 0.801. The van der Waals surface area contributed by atoms with Crippen LogP contribution in [0.25, 0.3) is 0 Å². The summed E-state index contributed by atoms with van der Waals surface area (Å²) in [6, 6.07) is 6.73. The van der Waals surface area contributed by atoms with Gasteiger partial charge in [-0.2, -0.15) is 0 Å². The second-order valence-corrected chi connectivity index (χ2v) is 7.26. The van der Waals surface area contributed by atoms with Crippen LogP contribution in [-0.2, 0) is 10.0 Å². The molecule has 1 saturated carbocycles. The van der Waals surface area contributed by atoms with E-state index in [2.05, 4.69) is 4.72 Å². The van der Waals surface area contributed by atoms with Gasteiger partial charge in [-0.15, -0.1) is 0 Å². The third kappa shape index (κ3) is 4.07. The van der Waals surface area contributed by atoms with E-state index in [1.54, 1.807) is 24.3 Å². The van der Waals surface area contributed by atoms with Crippen LogP contribution >= 0.6 is 0 Å². The smallest absolute Gasteiger partial charge is 0.233 e. The van der Waals surface area contributed by atoms with Gasteiger partial charge in [0.1, 0.15) is 0 Å². The van der Waals surface area contributed by atoms with Crippen LogP contribution < -0.4 is 4.72 Å². The zero-order valence-electron chi connectivity index (χ0n) is 11.8. The molecule has 0 radical (unpaired) electrons. The standard InChI is InChI=1S/C15H21NO3S/c1-12(17)14-9-5-6-10-15(14)16-20(18,19)11-13-7-3-2-4-8-13/h5-6,9-10,13,16H,2-4,7-8,11H2,1H3. The Kier molecular flexibility index (Phi) is 4.81. The maximum absolute atomic E-state index is 12.2. The van der Waals surface area contributed by atoms with Crippen molar-refractivity contribution >= 4 is 21.5 Å². The largest absolute Gasteiger partial charge is 0.294 e. The quantitative estimate of drug-likeness (QED) is 0.848. The van der Waals surface area contributed by atoms with Crippen LogP contribution in [0.15, 0.2) is 24.3 Å². The first-order valence-corrected chi connectivity index (χ1v) is 8.73. The van der Waals surface area contributed by atoms with E-state index in [1.165, 1.54) is 13.3 Å². The van der Waals surface area contributed by atoms with Gasteiger partial charge in [0.2, 0.25) is 10.0 Å². The van der Waals surface area contributed by atoms with Crippen molar-refractivity contribution in [3.63, 3.8) is 0 Å². The van der Waals surface area contributed by atoms with E-state index in [0.717, 1.165) is 25.7 Å². The summed E-state index contributed by atoms with van der Waals surface area (Å²) in [5.74, 6) is 0.255. The molecule has 20 heavy (non-hydrogen) atoms. The van der Waals surface area contributed by atoms with Crippen LogP contribution in [0.1, 0.15) is 49.4 Å². The fourth-order valence-corrected chi connectivity index (χ4v) is 4.30. The molecule has 0 heterocycles. The summed E-state index contributed by atoms with van der Waals surface area (Å²) in [5, 5.41) is 0. The number of Topliss-reactive ketones (excluding diaryl/α,β-unsaturated/α-hetero) is 1. The lowest BCUT2D eigenvalue weighted by molar-refractivity contribution is 0.101. The number of nitrogens with one attached hydrogen (secondary N) is 1. The average molecular weight is 295 g/mol. The van der Waals surface area contributed by atoms with E-state index in [1.807, 2.05) is 0 Å². The molecular weight excluding hydrogens is 274 g/mol. The van der Waals surface area contributed by atoms with Gasteiger partial charge in [-0.25, -0.2) is 8.42 Å². The number of benzene rings is 1. The van der Waals surface area contributed by atoms with Crippen molar-refractivity contribution in [2.75, 3.05) is 10.5 Å². The molecule has 1 fully saturated rings. The van der Waals surface area contributed by atoms with Crippen LogP contribution in [0.2, 0.25) is 0 Å². The Morgan fingerprint density at radius 3 is 2.50 bits per heavy atom. The summed E-state index contributed by atoms with van der Waals surface area (Å²) in [6.45, 7) is 1.44. The van der Waals surface area contributed by atoms with Crippen LogP contribution in [0.4, 0.5) is 5.69 Å². The van der Waals surface area contributed by atoms with Gasteiger partial charge in [-0.05, 0) is 37.8 Å². The molecule has 0 aromatic heterocycles. The monoisotopic (exact) mass is 295 g/mol. The van der Waals surface area contributed by atoms with E-state index in [4.69, 9.17) is 0 Å². The van der Waals surface area contributed by atoms with Crippen molar-refractivity contribution in [2.45, 2.75) is 39.0 Å². The molecule has 5 heteroatoms. The topological polar surface area (TPSA) is 63.2 Å². The number of hydrogen-bond acceptors (Lipinski definition) is 3. The van der Waals surface area contributed by atoms with Crippen molar-refractivity contribution in [2.24, 2.45) is 5.92 Å². The fraction of sp³-hybridized carbons (Fsp3) is 0.533. The molecule has 1 aromatic carbocycles. The molecule has 1 N–H and O–H groups in total. The first-order valence-electron chi connectivity index (χ1n) is 7.08. The summed E-state index contributed by atoms with van der Waals surface area (Å²) in [6.07, 6.45) is 5.40. The molecule has 0 atom stereocenters. The summed E-state index contributed by atoms with van der Waals surface area (Å²) in [4.78, 5) is 11.5. The lowest BCUT2D eigenvalue weighted by atomic mass is 9.91. The Morgan fingerprint density at radius 1 is 1.20 bits per heavy atom. The van der Waals surface area contributed by atoms with Crippen molar-refractivity contribution < 1.29 is 13.2 Å². The minimum Gasteiger partial charge on any atom is -0.294 e. The number of para-hydroxylation sites is 1. The van der Waals surface area contributed by atoms with Gasteiger partial charge in [0, 0.05) is 5.56 Å². The van der Waals surface area contributed by atoms with Gasteiger partial charge in [0.15, 0.2) is 5.78 Å². The highest BCUT2D eigenvalue weighted by Crippen LogP contribution is 2.26. The Morgan fingerprint density at radius 2 is 1.85 bits per heavy atom. The number of sulfonamides is 1. The summed E-state index contributed by atoms with van der Waals surface area (Å²) in [7, 11) is -3.39. The lowest BCUT2D eigenvalue weighted by Gasteiger charge is -2.21. The molecule has 1 aliphatic rings. The summed E-state index contributed by atoms with van der Waals surface area (Å²) >= 11 is 0. The van der Waals surface area contributed by atoms with Crippen molar-refractivity contribution in [1.29, 1.82) is 0 Å². The molecule has 0 aliphatic heterocycles. The molecule has 0 saturated heterocycles. The molecule has 1 aliphatic carbocycles. The van der Waals surface area contributed by atoms with Gasteiger partial charge < -0.3 is 0 Å². The van der Waals surface area contributed by atoms with Crippen LogP contribution in [0.3, 0.4) is 0 Å². The van der Waals surface area contributed by atoms with Crippen molar-refractivity contribution in [1.82, 2.24) is 0 Å². The number of carbonyl (C=O) groups is 1. The second-order valence-electron chi connectivity index (χ2n) is 5.49. The first-order chi connectivity index (χ1) is 9.48. The Hall–Kier alpha value is -1.36. The summed E-state index contributed by atoms with van der Waals surface area (Å²) < 4.78 is 27.0. The highest BCUT2D eigenvalue weighted by molar-refractivity contribution is 7.92. The molecule has 0 amide bonds. The maximum atomic E-state index is 12.2. The molecule has 2 rings (SSSR count). The minimum absolute atomic E-state index is 0.138. The Labute approximate surface area is 120 Å². The second kappa shape index (κ2) is 6.39. The predicted octanol–water partition coefficient (Wildman–Crippen LogP) is 3.21.